The smallest absolute Gasteiger partial charge is 0.410 e. The van der Waals surface area contributed by atoms with Crippen LogP contribution in [0, 0.1) is 18.3 Å². The zero-order valence-corrected chi connectivity index (χ0v) is 21.7. The van der Waals surface area contributed by atoms with Gasteiger partial charge in [0.15, 0.2) is 6.10 Å². The molecule has 2 aliphatic rings. The van der Waals surface area contributed by atoms with Crippen LogP contribution in [-0.4, -0.2) is 64.8 Å². The van der Waals surface area contributed by atoms with Gasteiger partial charge in [-0.2, -0.15) is 5.26 Å². The molecule has 1 atom stereocenters. The van der Waals surface area contributed by atoms with E-state index in [1.54, 1.807) is 33.9 Å². The van der Waals surface area contributed by atoms with Crippen LogP contribution >= 0.6 is 0 Å². The fourth-order valence-corrected chi connectivity index (χ4v) is 4.12. The van der Waals surface area contributed by atoms with Crippen molar-refractivity contribution in [1.82, 2.24) is 14.9 Å². The summed E-state index contributed by atoms with van der Waals surface area (Å²) < 4.78 is 11.0. The van der Waals surface area contributed by atoms with Crippen molar-refractivity contribution in [3.05, 3.63) is 47.5 Å². The first kappa shape index (κ1) is 25.9. The van der Waals surface area contributed by atoms with E-state index in [4.69, 9.17) is 9.47 Å². The number of anilines is 3. The highest BCUT2D eigenvalue weighted by atomic mass is 16.6. The predicted molar refractivity (Wildman–Crippen MR) is 139 cm³/mol. The number of benzene rings is 1. The number of allylic oxidation sites excluding steroid dienone is 1. The largest absolute Gasteiger partial charge is 0.444 e. The minimum absolute atomic E-state index is 0.0375. The van der Waals surface area contributed by atoms with Gasteiger partial charge in [0.2, 0.25) is 5.95 Å². The molecule has 0 saturated carbocycles. The van der Waals surface area contributed by atoms with Gasteiger partial charge in [-0.25, -0.2) is 14.8 Å². The summed E-state index contributed by atoms with van der Waals surface area (Å²) in [5.74, 6) is 0.167. The zero-order valence-electron chi connectivity index (χ0n) is 21.7. The SMILES string of the molecule is CCN1C(=C(C#N)c2nc(NC(=O)C3CN(C(=O)OC(C)(C)C)CCO3)ncc2C)Nc2ccccc21. The normalized spacial score (nSPS) is 18.4. The molecule has 3 heterocycles. The van der Waals surface area contributed by atoms with Crippen LogP contribution in [0.5, 0.6) is 0 Å². The van der Waals surface area contributed by atoms with Gasteiger partial charge in [0.1, 0.15) is 23.1 Å². The van der Waals surface area contributed by atoms with E-state index in [2.05, 4.69) is 26.7 Å². The van der Waals surface area contributed by atoms with Crippen LogP contribution in [0.1, 0.15) is 39.0 Å². The Bertz CT molecular complexity index is 1280. The van der Waals surface area contributed by atoms with Crippen LogP contribution in [0.25, 0.3) is 5.57 Å². The summed E-state index contributed by atoms with van der Waals surface area (Å²) in [4.78, 5) is 37.6. The van der Waals surface area contributed by atoms with Crippen molar-refractivity contribution in [3.63, 3.8) is 0 Å². The highest BCUT2D eigenvalue weighted by Crippen LogP contribution is 2.38. The summed E-state index contributed by atoms with van der Waals surface area (Å²) >= 11 is 0. The molecule has 1 unspecified atom stereocenters. The lowest BCUT2D eigenvalue weighted by Gasteiger charge is -2.33. The Morgan fingerprint density at radius 1 is 1.32 bits per heavy atom. The molecule has 0 bridgehead atoms. The molecule has 0 spiro atoms. The second-order valence-electron chi connectivity index (χ2n) is 9.72. The monoisotopic (exact) mass is 505 g/mol. The van der Waals surface area contributed by atoms with Crippen LogP contribution in [-0.2, 0) is 14.3 Å². The number of fused-ring (bicyclic) bond motifs is 1. The van der Waals surface area contributed by atoms with Gasteiger partial charge in [-0.3, -0.25) is 10.1 Å². The molecule has 1 fully saturated rings. The number of aromatic nitrogens is 2. The van der Waals surface area contributed by atoms with Gasteiger partial charge in [-0.15, -0.1) is 0 Å². The van der Waals surface area contributed by atoms with Crippen LogP contribution in [0.3, 0.4) is 0 Å². The Morgan fingerprint density at radius 2 is 2.08 bits per heavy atom. The molecule has 2 amide bonds. The third-order valence-corrected chi connectivity index (χ3v) is 5.84. The van der Waals surface area contributed by atoms with Crippen molar-refractivity contribution in [2.75, 3.05) is 41.8 Å². The molecule has 11 nitrogen and oxygen atoms in total. The second kappa shape index (κ2) is 10.4. The number of carbonyl (C=O) groups excluding carboxylic acids is 2. The molecule has 1 saturated heterocycles. The molecule has 37 heavy (non-hydrogen) atoms. The Kier molecular flexibility index (Phi) is 7.31. The van der Waals surface area contributed by atoms with Crippen molar-refractivity contribution >= 4 is 34.9 Å². The van der Waals surface area contributed by atoms with Crippen molar-refractivity contribution < 1.29 is 19.1 Å². The van der Waals surface area contributed by atoms with Gasteiger partial charge in [-0.05, 0) is 52.3 Å². The van der Waals surface area contributed by atoms with E-state index in [-0.39, 0.29) is 19.1 Å². The number of hydrogen-bond donors (Lipinski definition) is 2. The van der Waals surface area contributed by atoms with Gasteiger partial charge < -0.3 is 24.6 Å². The number of ether oxygens (including phenoxy) is 2. The number of rotatable bonds is 4. The molecule has 2 aromatic rings. The first-order valence-electron chi connectivity index (χ1n) is 12.1. The third kappa shape index (κ3) is 5.65. The number of nitrogens with zero attached hydrogens (tertiary/aromatic N) is 5. The Hall–Kier alpha value is -4.17. The number of nitrogens with one attached hydrogen (secondary N) is 2. The standard InChI is InChI=1S/C26H31N7O4/c1-6-33-19-10-8-7-9-18(19)29-22(33)17(13-27)21-16(2)14-28-24(30-21)31-23(34)20-15-32(11-12-36-20)25(35)37-26(3,4)5/h7-10,14,20,29H,6,11-12,15H2,1-5H3,(H,28,30,31,34). The summed E-state index contributed by atoms with van der Waals surface area (Å²) in [5, 5.41) is 16.1. The fourth-order valence-electron chi connectivity index (χ4n) is 4.12. The van der Waals surface area contributed by atoms with Crippen LogP contribution in [0.2, 0.25) is 0 Å². The topological polar surface area (TPSA) is 133 Å². The minimum atomic E-state index is -0.912. The molecule has 1 aromatic carbocycles. The van der Waals surface area contributed by atoms with E-state index < -0.39 is 23.7 Å². The number of aryl methyl sites for hydroxylation is 1. The Labute approximate surface area is 216 Å². The van der Waals surface area contributed by atoms with E-state index in [9.17, 15) is 14.9 Å². The molecule has 4 rings (SSSR count). The number of para-hydroxylation sites is 2. The van der Waals surface area contributed by atoms with Gasteiger partial charge in [-0.1, -0.05) is 12.1 Å². The summed E-state index contributed by atoms with van der Waals surface area (Å²) in [5.41, 5.74) is 2.64. The quantitative estimate of drug-likeness (QED) is 0.599. The molecule has 194 valence electrons. The second-order valence-corrected chi connectivity index (χ2v) is 9.72. The summed E-state index contributed by atoms with van der Waals surface area (Å²) in [7, 11) is 0. The molecule has 0 aliphatic carbocycles. The molecule has 2 N–H and O–H groups in total. The van der Waals surface area contributed by atoms with Crippen LogP contribution in [0.15, 0.2) is 36.3 Å². The maximum absolute atomic E-state index is 13.0. The first-order valence-corrected chi connectivity index (χ1v) is 12.1. The van der Waals surface area contributed by atoms with E-state index in [0.29, 0.717) is 35.7 Å². The van der Waals surface area contributed by atoms with Crippen LogP contribution in [0.4, 0.5) is 22.1 Å². The summed E-state index contributed by atoms with van der Waals surface area (Å²) in [6.45, 7) is 10.4. The number of nitriles is 1. The van der Waals surface area contributed by atoms with Crippen molar-refractivity contribution in [2.24, 2.45) is 0 Å². The maximum atomic E-state index is 13.0. The lowest BCUT2D eigenvalue weighted by atomic mass is 10.1. The first-order chi connectivity index (χ1) is 17.6. The van der Waals surface area contributed by atoms with Crippen LogP contribution < -0.4 is 15.5 Å². The average molecular weight is 506 g/mol. The van der Waals surface area contributed by atoms with E-state index >= 15 is 0 Å². The van der Waals surface area contributed by atoms with Gasteiger partial charge in [0.25, 0.3) is 5.91 Å². The summed E-state index contributed by atoms with van der Waals surface area (Å²) in [6, 6.07) is 10.1. The van der Waals surface area contributed by atoms with Gasteiger partial charge in [0.05, 0.1) is 30.2 Å². The maximum Gasteiger partial charge on any atom is 0.410 e. The highest BCUT2D eigenvalue weighted by Gasteiger charge is 2.33. The molecule has 11 heteroatoms. The molecule has 0 radical (unpaired) electrons. The van der Waals surface area contributed by atoms with Gasteiger partial charge >= 0.3 is 6.09 Å². The average Bonchev–Trinajstić information content (AvgIpc) is 3.23. The molecule has 2 aliphatic heterocycles. The highest BCUT2D eigenvalue weighted by molar-refractivity contribution is 5.94. The lowest BCUT2D eigenvalue weighted by Crippen LogP contribution is -2.51. The summed E-state index contributed by atoms with van der Waals surface area (Å²) in [6.07, 6.45) is 0.145. The zero-order chi connectivity index (χ0) is 26.7. The van der Waals surface area contributed by atoms with E-state index in [0.717, 1.165) is 11.4 Å². The van der Waals surface area contributed by atoms with Gasteiger partial charge in [0, 0.05) is 19.3 Å². The number of carbonyl (C=O) groups is 2. The van der Waals surface area contributed by atoms with E-state index in [1.807, 2.05) is 36.1 Å². The molecular formula is C26H31N7O4. The van der Waals surface area contributed by atoms with Crippen molar-refractivity contribution in [1.29, 1.82) is 5.26 Å². The predicted octanol–water partition coefficient (Wildman–Crippen LogP) is 3.50. The molecule has 1 aromatic heterocycles. The lowest BCUT2D eigenvalue weighted by molar-refractivity contribution is -0.132. The Morgan fingerprint density at radius 3 is 2.78 bits per heavy atom. The third-order valence-electron chi connectivity index (χ3n) is 5.84. The number of amides is 2. The molecular weight excluding hydrogens is 474 g/mol. The van der Waals surface area contributed by atoms with Crippen molar-refractivity contribution in [3.8, 4) is 6.07 Å². The van der Waals surface area contributed by atoms with E-state index in [1.165, 1.54) is 4.90 Å². The Balaban J connectivity index is 1.54. The number of morpholine rings is 1. The fraction of sp³-hybridized carbons (Fsp3) is 0.423. The number of hydrogen-bond acceptors (Lipinski definition) is 9. The minimum Gasteiger partial charge on any atom is -0.444 e. The van der Waals surface area contributed by atoms with Crippen molar-refractivity contribution in [2.45, 2.75) is 46.3 Å².